The van der Waals surface area contributed by atoms with Crippen molar-refractivity contribution in [1.29, 1.82) is 0 Å². The van der Waals surface area contributed by atoms with Crippen LogP contribution in [0.2, 0.25) is 0 Å². The zero-order valence-corrected chi connectivity index (χ0v) is 13.8. The zero-order chi connectivity index (χ0) is 17.6. The molecule has 25 heavy (non-hydrogen) atoms. The summed E-state index contributed by atoms with van der Waals surface area (Å²) in [6, 6.07) is 14.0. The molecule has 0 aliphatic heterocycles. The third kappa shape index (κ3) is 4.36. The molecule has 130 valence electrons. The van der Waals surface area contributed by atoms with E-state index < -0.39 is 5.91 Å². The van der Waals surface area contributed by atoms with Crippen molar-refractivity contribution in [2.75, 3.05) is 5.43 Å². The molecular formula is C19H21N3O3. The van der Waals surface area contributed by atoms with Crippen LogP contribution in [0.15, 0.2) is 54.1 Å². The van der Waals surface area contributed by atoms with Gasteiger partial charge in [0.1, 0.15) is 0 Å². The van der Waals surface area contributed by atoms with Crippen molar-refractivity contribution >= 4 is 28.3 Å². The van der Waals surface area contributed by atoms with E-state index in [9.17, 15) is 9.59 Å². The molecule has 0 spiro atoms. The summed E-state index contributed by atoms with van der Waals surface area (Å²) >= 11 is 0. The summed E-state index contributed by atoms with van der Waals surface area (Å²) in [6.07, 6.45) is 4.15. The molecule has 0 unspecified atom stereocenters. The van der Waals surface area contributed by atoms with E-state index in [1.807, 2.05) is 42.5 Å². The summed E-state index contributed by atoms with van der Waals surface area (Å²) in [5, 5.41) is 10.8. The fourth-order valence-electron chi connectivity index (χ4n) is 3.12. The van der Waals surface area contributed by atoms with Gasteiger partial charge < -0.3 is 0 Å². The van der Waals surface area contributed by atoms with Crippen LogP contribution in [0.3, 0.4) is 0 Å². The molecule has 0 saturated heterocycles. The number of hydrazine groups is 1. The average Bonchev–Trinajstić information content (AvgIpc) is 2.66. The normalized spacial score (nSPS) is 17.0. The number of benzene rings is 2. The fraction of sp³-hybridized carbons (Fsp3) is 0.263. The molecule has 3 rings (SSSR count). The van der Waals surface area contributed by atoms with Gasteiger partial charge in [-0.15, -0.1) is 0 Å². The highest BCUT2D eigenvalue weighted by Gasteiger charge is 2.23. The van der Waals surface area contributed by atoms with Gasteiger partial charge >= 0.3 is 0 Å². The monoisotopic (exact) mass is 339 g/mol. The van der Waals surface area contributed by atoms with E-state index >= 15 is 0 Å². The Bertz CT molecular complexity index is 806. The number of carbonyl (C=O) groups excluding carboxylic acids is 2. The summed E-state index contributed by atoms with van der Waals surface area (Å²) in [5.41, 5.74) is 9.13. The number of hydrogen-bond acceptors (Lipinski definition) is 4. The Balaban J connectivity index is 1.52. The number of nitrogens with one attached hydrogen (secondary N) is 3. The van der Waals surface area contributed by atoms with Crippen LogP contribution in [0, 0.1) is 5.92 Å². The lowest BCUT2D eigenvalue weighted by Crippen LogP contribution is -2.36. The molecule has 6 nitrogen and oxygen atoms in total. The number of hydroxylamine groups is 1. The van der Waals surface area contributed by atoms with Crippen molar-refractivity contribution in [3.05, 3.63) is 54.1 Å². The number of carbonyl (C=O) groups is 2. The zero-order valence-electron chi connectivity index (χ0n) is 13.8. The second kappa shape index (κ2) is 7.81. The molecule has 2 amide bonds. The lowest BCUT2D eigenvalue weighted by Gasteiger charge is -2.23. The van der Waals surface area contributed by atoms with Crippen molar-refractivity contribution in [3.8, 4) is 0 Å². The van der Waals surface area contributed by atoms with E-state index in [4.69, 9.17) is 5.21 Å². The third-order valence-corrected chi connectivity index (χ3v) is 4.52. The van der Waals surface area contributed by atoms with Crippen molar-refractivity contribution in [2.24, 2.45) is 5.92 Å². The standard InChI is InChI=1S/C19H21N3O3/c23-18(22-25)11-13-5-7-15(8-6-13)19(24)21-20-17-10-9-14-3-1-2-4-16(14)12-17/h1-4,9-12,15,20,25H,5-8H2,(H,21,24)(H,22,23). The Labute approximate surface area is 145 Å². The second-order valence-corrected chi connectivity index (χ2v) is 6.23. The Morgan fingerprint density at radius 3 is 2.48 bits per heavy atom. The molecule has 0 aromatic heterocycles. The maximum Gasteiger partial charge on any atom is 0.267 e. The summed E-state index contributed by atoms with van der Waals surface area (Å²) in [5.74, 6) is -0.642. The molecule has 1 saturated carbocycles. The number of hydrogen-bond donors (Lipinski definition) is 4. The van der Waals surface area contributed by atoms with Crippen LogP contribution in [0.25, 0.3) is 10.8 Å². The molecule has 0 heterocycles. The minimum absolute atomic E-state index is 0.0428. The van der Waals surface area contributed by atoms with Crippen molar-refractivity contribution in [1.82, 2.24) is 10.9 Å². The van der Waals surface area contributed by atoms with Gasteiger partial charge in [-0.3, -0.25) is 25.6 Å². The van der Waals surface area contributed by atoms with Gasteiger partial charge in [-0.25, -0.2) is 5.48 Å². The molecule has 0 radical (unpaired) electrons. The largest absolute Gasteiger partial charge is 0.299 e. The Kier molecular flexibility index (Phi) is 5.30. The Morgan fingerprint density at radius 1 is 1.04 bits per heavy atom. The molecule has 2 aromatic rings. The number of amides is 2. The van der Waals surface area contributed by atoms with Gasteiger partial charge in [-0.2, -0.15) is 0 Å². The van der Waals surface area contributed by atoms with Gasteiger partial charge in [-0.1, -0.05) is 35.9 Å². The molecule has 1 aliphatic rings. The number of allylic oxidation sites excluding steroid dienone is 1. The van der Waals surface area contributed by atoms with Crippen LogP contribution in [0.4, 0.5) is 5.69 Å². The van der Waals surface area contributed by atoms with Gasteiger partial charge in [0.05, 0.1) is 5.69 Å². The van der Waals surface area contributed by atoms with E-state index in [1.165, 1.54) is 6.08 Å². The molecule has 0 atom stereocenters. The SMILES string of the molecule is O=C(C=C1CCC(C(=O)NNc2ccc3ccccc3c2)CC1)NO. The highest BCUT2D eigenvalue weighted by Crippen LogP contribution is 2.28. The lowest BCUT2D eigenvalue weighted by molar-refractivity contribution is -0.125. The van der Waals surface area contributed by atoms with Crippen molar-refractivity contribution in [3.63, 3.8) is 0 Å². The highest BCUT2D eigenvalue weighted by atomic mass is 16.5. The maximum absolute atomic E-state index is 12.3. The van der Waals surface area contributed by atoms with Crippen LogP contribution in [0.5, 0.6) is 0 Å². The quantitative estimate of drug-likeness (QED) is 0.392. The Morgan fingerprint density at radius 2 is 1.76 bits per heavy atom. The number of rotatable bonds is 4. The highest BCUT2D eigenvalue weighted by molar-refractivity contribution is 5.88. The maximum atomic E-state index is 12.3. The van der Waals surface area contributed by atoms with Gasteiger partial charge in [0, 0.05) is 12.0 Å². The first-order valence-corrected chi connectivity index (χ1v) is 8.34. The summed E-state index contributed by atoms with van der Waals surface area (Å²) < 4.78 is 0. The van der Waals surface area contributed by atoms with Crippen LogP contribution in [-0.4, -0.2) is 17.0 Å². The van der Waals surface area contributed by atoms with Crippen LogP contribution >= 0.6 is 0 Å². The molecule has 0 bridgehead atoms. The van der Waals surface area contributed by atoms with E-state index in [0.717, 1.165) is 22.0 Å². The summed E-state index contributed by atoms with van der Waals surface area (Å²) in [4.78, 5) is 23.4. The predicted molar refractivity (Wildman–Crippen MR) is 95.7 cm³/mol. The van der Waals surface area contributed by atoms with Crippen LogP contribution in [-0.2, 0) is 9.59 Å². The Hall–Kier alpha value is -2.86. The molecule has 4 N–H and O–H groups in total. The first-order valence-electron chi connectivity index (χ1n) is 8.34. The molecule has 6 heteroatoms. The molecular weight excluding hydrogens is 318 g/mol. The van der Waals surface area contributed by atoms with Crippen molar-refractivity contribution < 1.29 is 14.8 Å². The second-order valence-electron chi connectivity index (χ2n) is 6.23. The van der Waals surface area contributed by atoms with Gasteiger partial charge in [0.25, 0.3) is 5.91 Å². The average molecular weight is 339 g/mol. The van der Waals surface area contributed by atoms with Crippen molar-refractivity contribution in [2.45, 2.75) is 25.7 Å². The topological polar surface area (TPSA) is 90.5 Å². The third-order valence-electron chi connectivity index (χ3n) is 4.52. The lowest BCUT2D eigenvalue weighted by atomic mass is 9.85. The fourth-order valence-corrected chi connectivity index (χ4v) is 3.12. The molecule has 2 aromatic carbocycles. The molecule has 1 fully saturated rings. The van der Waals surface area contributed by atoms with Gasteiger partial charge in [0.2, 0.25) is 5.91 Å². The minimum atomic E-state index is -0.518. The molecule has 1 aliphatic carbocycles. The van der Waals surface area contributed by atoms with Gasteiger partial charge in [-0.05, 0) is 48.6 Å². The summed E-state index contributed by atoms with van der Waals surface area (Å²) in [7, 11) is 0. The van der Waals surface area contributed by atoms with E-state index in [1.54, 1.807) is 5.48 Å². The minimum Gasteiger partial charge on any atom is -0.299 e. The van der Waals surface area contributed by atoms with Crippen LogP contribution in [0.1, 0.15) is 25.7 Å². The van der Waals surface area contributed by atoms with E-state index in [2.05, 4.69) is 10.9 Å². The van der Waals surface area contributed by atoms with Crippen LogP contribution < -0.4 is 16.3 Å². The first kappa shape index (κ1) is 17.0. The first-order chi connectivity index (χ1) is 12.2. The smallest absolute Gasteiger partial charge is 0.267 e. The van der Waals surface area contributed by atoms with E-state index in [-0.39, 0.29) is 11.8 Å². The van der Waals surface area contributed by atoms with E-state index in [0.29, 0.717) is 25.7 Å². The van der Waals surface area contributed by atoms with Gasteiger partial charge in [0.15, 0.2) is 0 Å². The predicted octanol–water partition coefficient (Wildman–Crippen LogP) is 2.90. The number of fused-ring (bicyclic) bond motifs is 1. The summed E-state index contributed by atoms with van der Waals surface area (Å²) in [6.45, 7) is 0. The number of anilines is 1.